The number of oxazole rings is 1. The average Bonchev–Trinajstić information content (AvgIpc) is 2.98. The molecule has 2 rings (SSSR count). The molecule has 0 aliphatic carbocycles. The van der Waals surface area contributed by atoms with Gasteiger partial charge in [0.05, 0.1) is 32.1 Å². The normalized spacial score (nSPS) is 19.1. The van der Waals surface area contributed by atoms with Crippen LogP contribution >= 0.6 is 24.0 Å². The highest BCUT2D eigenvalue weighted by Crippen LogP contribution is 2.22. The number of morpholine rings is 1. The van der Waals surface area contributed by atoms with Crippen LogP contribution in [0.2, 0.25) is 0 Å². The Labute approximate surface area is 161 Å². The first-order valence-corrected chi connectivity index (χ1v) is 7.95. The molecule has 24 heavy (non-hydrogen) atoms. The molecule has 1 aromatic rings. The summed E-state index contributed by atoms with van der Waals surface area (Å²) in [6.45, 7) is 9.64. The number of nitrogens with one attached hydrogen (secondary N) is 1. The molecule has 1 aliphatic heterocycles. The first-order chi connectivity index (χ1) is 10.9. The maximum absolute atomic E-state index is 5.80. The molecule has 138 valence electrons. The Morgan fingerprint density at radius 2 is 2.25 bits per heavy atom. The number of hydrogen-bond acceptors (Lipinski definition) is 5. The number of nitrogens with zero attached hydrogens (tertiary/aromatic N) is 3. The number of aromatic nitrogens is 1. The molecular formula is C16H29IN4O3. The van der Waals surface area contributed by atoms with Crippen LogP contribution in [0.25, 0.3) is 0 Å². The van der Waals surface area contributed by atoms with Gasteiger partial charge >= 0.3 is 0 Å². The molecule has 1 atom stereocenters. The van der Waals surface area contributed by atoms with Crippen molar-refractivity contribution < 1.29 is 13.9 Å². The Bertz CT molecular complexity index is 526. The van der Waals surface area contributed by atoms with E-state index in [1.54, 1.807) is 20.4 Å². The number of guanidine groups is 1. The van der Waals surface area contributed by atoms with Crippen LogP contribution in [0, 0.1) is 0 Å². The first kappa shape index (κ1) is 21.2. The van der Waals surface area contributed by atoms with E-state index in [2.05, 4.69) is 41.0 Å². The Morgan fingerprint density at radius 1 is 1.50 bits per heavy atom. The van der Waals surface area contributed by atoms with Gasteiger partial charge in [-0.3, -0.25) is 4.99 Å². The molecule has 7 nitrogen and oxygen atoms in total. The van der Waals surface area contributed by atoms with Crippen molar-refractivity contribution in [3.05, 3.63) is 17.8 Å². The Balaban J connectivity index is 0.00000288. The maximum atomic E-state index is 5.80. The molecule has 0 bridgehead atoms. The third-order valence-corrected chi connectivity index (χ3v) is 3.69. The Morgan fingerprint density at radius 3 is 2.83 bits per heavy atom. The van der Waals surface area contributed by atoms with Crippen molar-refractivity contribution >= 4 is 29.9 Å². The van der Waals surface area contributed by atoms with Gasteiger partial charge in [0.15, 0.2) is 5.96 Å². The van der Waals surface area contributed by atoms with E-state index < -0.39 is 0 Å². The molecule has 2 heterocycles. The van der Waals surface area contributed by atoms with E-state index in [-0.39, 0.29) is 35.5 Å². The SMILES string of the molecule is CN=C(NCc1ncc(C(C)(C)C)o1)N1CCOC(COC)C1.I. The van der Waals surface area contributed by atoms with Crippen molar-refractivity contribution in [2.75, 3.05) is 40.5 Å². The fourth-order valence-electron chi connectivity index (χ4n) is 2.42. The zero-order valence-corrected chi connectivity index (χ0v) is 17.5. The largest absolute Gasteiger partial charge is 0.443 e. The van der Waals surface area contributed by atoms with Crippen LogP contribution in [0.3, 0.4) is 0 Å². The monoisotopic (exact) mass is 452 g/mol. The lowest BCUT2D eigenvalue weighted by Gasteiger charge is -2.34. The van der Waals surface area contributed by atoms with E-state index in [0.29, 0.717) is 25.6 Å². The molecule has 1 aliphatic rings. The van der Waals surface area contributed by atoms with E-state index in [1.165, 1.54) is 0 Å². The minimum atomic E-state index is -0.0372. The standard InChI is InChI=1S/C16H28N4O3.HI/c1-16(2,3)13-8-18-14(23-13)9-19-15(17-4)20-6-7-22-12(10-20)11-21-5;/h8,12H,6-7,9-11H2,1-5H3,(H,17,19);1H. The summed E-state index contributed by atoms with van der Waals surface area (Å²) in [5.41, 5.74) is -0.0372. The Hall–Kier alpha value is -0.870. The summed E-state index contributed by atoms with van der Waals surface area (Å²) in [7, 11) is 3.46. The molecule has 1 aromatic heterocycles. The van der Waals surface area contributed by atoms with Gasteiger partial charge in [-0.25, -0.2) is 4.98 Å². The number of rotatable bonds is 4. The second-order valence-corrected chi connectivity index (χ2v) is 6.66. The van der Waals surface area contributed by atoms with Crippen LogP contribution in [-0.2, 0) is 21.4 Å². The van der Waals surface area contributed by atoms with Crippen LogP contribution in [0.15, 0.2) is 15.6 Å². The molecule has 1 saturated heterocycles. The molecule has 8 heteroatoms. The second-order valence-electron chi connectivity index (χ2n) is 6.66. The topological polar surface area (TPSA) is 72.1 Å². The molecule has 0 amide bonds. The van der Waals surface area contributed by atoms with Gasteiger partial charge in [-0.1, -0.05) is 20.8 Å². The highest BCUT2D eigenvalue weighted by atomic mass is 127. The van der Waals surface area contributed by atoms with Crippen LogP contribution in [-0.4, -0.2) is 62.4 Å². The number of hydrogen-bond donors (Lipinski definition) is 1. The van der Waals surface area contributed by atoms with Crippen molar-refractivity contribution in [1.82, 2.24) is 15.2 Å². The van der Waals surface area contributed by atoms with E-state index in [4.69, 9.17) is 13.9 Å². The predicted octanol–water partition coefficient (Wildman–Crippen LogP) is 2.01. The summed E-state index contributed by atoms with van der Waals surface area (Å²) in [6, 6.07) is 0. The predicted molar refractivity (Wildman–Crippen MR) is 104 cm³/mol. The summed E-state index contributed by atoms with van der Waals surface area (Å²) in [5.74, 6) is 2.37. The lowest BCUT2D eigenvalue weighted by Crippen LogP contribution is -2.51. The highest BCUT2D eigenvalue weighted by Gasteiger charge is 2.23. The van der Waals surface area contributed by atoms with Crippen molar-refractivity contribution in [2.24, 2.45) is 4.99 Å². The van der Waals surface area contributed by atoms with E-state index in [0.717, 1.165) is 24.8 Å². The van der Waals surface area contributed by atoms with Crippen LogP contribution < -0.4 is 5.32 Å². The van der Waals surface area contributed by atoms with Gasteiger partial charge in [-0.05, 0) is 0 Å². The molecule has 1 unspecified atom stereocenters. The Kier molecular flexibility index (Phi) is 8.44. The number of aliphatic imine (C=N–C) groups is 1. The summed E-state index contributed by atoms with van der Waals surface area (Å²) < 4.78 is 16.6. The van der Waals surface area contributed by atoms with Crippen LogP contribution in [0.4, 0.5) is 0 Å². The molecule has 1 N–H and O–H groups in total. The minimum absolute atomic E-state index is 0. The highest BCUT2D eigenvalue weighted by molar-refractivity contribution is 14.0. The van der Waals surface area contributed by atoms with Gasteiger partial charge in [0.25, 0.3) is 0 Å². The third-order valence-electron chi connectivity index (χ3n) is 3.69. The van der Waals surface area contributed by atoms with Crippen molar-refractivity contribution in [1.29, 1.82) is 0 Å². The van der Waals surface area contributed by atoms with Gasteiger partial charge in [0, 0.05) is 32.7 Å². The molecular weight excluding hydrogens is 423 g/mol. The fourth-order valence-corrected chi connectivity index (χ4v) is 2.42. The van der Waals surface area contributed by atoms with Crippen molar-refractivity contribution in [3.63, 3.8) is 0 Å². The first-order valence-electron chi connectivity index (χ1n) is 7.95. The summed E-state index contributed by atoms with van der Waals surface area (Å²) in [4.78, 5) is 10.8. The average molecular weight is 452 g/mol. The van der Waals surface area contributed by atoms with Crippen LogP contribution in [0.5, 0.6) is 0 Å². The van der Waals surface area contributed by atoms with Gasteiger partial charge in [-0.15, -0.1) is 24.0 Å². The lowest BCUT2D eigenvalue weighted by molar-refractivity contribution is -0.0447. The molecule has 1 fully saturated rings. The number of halogens is 1. The van der Waals surface area contributed by atoms with E-state index in [1.807, 2.05) is 0 Å². The number of methoxy groups -OCH3 is 1. The van der Waals surface area contributed by atoms with Gasteiger partial charge in [-0.2, -0.15) is 0 Å². The molecule has 0 aromatic carbocycles. The zero-order chi connectivity index (χ0) is 16.9. The number of ether oxygens (including phenoxy) is 2. The van der Waals surface area contributed by atoms with Gasteiger partial charge < -0.3 is 24.1 Å². The zero-order valence-electron chi connectivity index (χ0n) is 15.2. The van der Waals surface area contributed by atoms with Crippen molar-refractivity contribution in [3.8, 4) is 0 Å². The lowest BCUT2D eigenvalue weighted by atomic mass is 9.94. The summed E-state index contributed by atoms with van der Waals surface area (Å²) in [5, 5.41) is 3.31. The minimum Gasteiger partial charge on any atom is -0.443 e. The van der Waals surface area contributed by atoms with E-state index >= 15 is 0 Å². The van der Waals surface area contributed by atoms with Gasteiger partial charge in [0.2, 0.25) is 5.89 Å². The summed E-state index contributed by atoms with van der Waals surface area (Å²) >= 11 is 0. The smallest absolute Gasteiger partial charge is 0.213 e. The molecule has 0 saturated carbocycles. The third kappa shape index (κ3) is 5.89. The maximum Gasteiger partial charge on any atom is 0.213 e. The quantitative estimate of drug-likeness (QED) is 0.428. The molecule has 0 spiro atoms. The second kappa shape index (κ2) is 9.57. The summed E-state index contributed by atoms with van der Waals surface area (Å²) in [6.07, 6.45) is 1.87. The van der Waals surface area contributed by atoms with E-state index in [9.17, 15) is 0 Å². The fraction of sp³-hybridized carbons (Fsp3) is 0.750. The molecule has 0 radical (unpaired) electrons. The van der Waals surface area contributed by atoms with Crippen LogP contribution in [0.1, 0.15) is 32.4 Å². The van der Waals surface area contributed by atoms with Gasteiger partial charge in [0.1, 0.15) is 5.76 Å². The van der Waals surface area contributed by atoms with Crippen molar-refractivity contribution in [2.45, 2.75) is 38.8 Å².